The number of halogens is 2. The summed E-state index contributed by atoms with van der Waals surface area (Å²) in [5.41, 5.74) is 1.40. The lowest BCUT2D eigenvalue weighted by Crippen LogP contribution is -2.25. The normalized spacial score (nSPS) is 11.4. The van der Waals surface area contributed by atoms with Gasteiger partial charge in [-0.1, -0.05) is 12.1 Å². The van der Waals surface area contributed by atoms with Crippen molar-refractivity contribution in [3.63, 3.8) is 0 Å². The second-order valence-electron chi connectivity index (χ2n) is 5.48. The van der Waals surface area contributed by atoms with Crippen molar-refractivity contribution in [2.75, 3.05) is 7.11 Å². The van der Waals surface area contributed by atoms with E-state index in [1.165, 1.54) is 13.2 Å². The topological polar surface area (TPSA) is 81.2 Å². The first kappa shape index (κ1) is 18.9. The fraction of sp³-hybridized carbons (Fsp3) is 0.111. The van der Waals surface area contributed by atoms with Crippen LogP contribution in [0.2, 0.25) is 0 Å². The molecule has 0 aliphatic carbocycles. The Kier molecular flexibility index (Phi) is 5.43. The van der Waals surface area contributed by atoms with Gasteiger partial charge in [0.2, 0.25) is 10.0 Å². The quantitative estimate of drug-likeness (QED) is 0.699. The molecule has 0 spiro atoms. The van der Waals surface area contributed by atoms with E-state index in [4.69, 9.17) is 4.74 Å². The van der Waals surface area contributed by atoms with Gasteiger partial charge >= 0.3 is 0 Å². The highest BCUT2D eigenvalue weighted by molar-refractivity contribution is 7.89. The average Bonchev–Trinajstić information content (AvgIpc) is 2.69. The largest absolute Gasteiger partial charge is 0.497 e. The number of nitrogens with zero attached hydrogens (tertiary/aromatic N) is 2. The Bertz CT molecular complexity index is 1060. The fourth-order valence-corrected chi connectivity index (χ4v) is 3.44. The van der Waals surface area contributed by atoms with Gasteiger partial charge in [-0.05, 0) is 24.3 Å². The summed E-state index contributed by atoms with van der Waals surface area (Å²) < 4.78 is 59.1. The third-order valence-electron chi connectivity index (χ3n) is 3.66. The van der Waals surface area contributed by atoms with Crippen LogP contribution in [0.15, 0.2) is 59.6 Å². The summed E-state index contributed by atoms with van der Waals surface area (Å²) in [5, 5.41) is 0. The first-order valence-electron chi connectivity index (χ1n) is 7.81. The summed E-state index contributed by atoms with van der Waals surface area (Å²) in [7, 11) is -2.80. The number of hydrogen-bond donors (Lipinski definition) is 1. The Hall–Kier alpha value is -2.91. The van der Waals surface area contributed by atoms with Gasteiger partial charge in [0.05, 0.1) is 30.7 Å². The first-order chi connectivity index (χ1) is 12.9. The predicted octanol–water partition coefficient (Wildman–Crippen LogP) is 2.91. The number of rotatable bonds is 6. The lowest BCUT2D eigenvalue weighted by Gasteiger charge is -2.10. The Balaban J connectivity index is 1.88. The van der Waals surface area contributed by atoms with Crippen molar-refractivity contribution in [2.24, 2.45) is 0 Å². The Morgan fingerprint density at radius 3 is 2.59 bits per heavy atom. The molecule has 0 unspecified atom stereocenters. The van der Waals surface area contributed by atoms with Gasteiger partial charge in [-0.15, -0.1) is 0 Å². The molecule has 0 saturated carbocycles. The summed E-state index contributed by atoms with van der Waals surface area (Å²) in [6.07, 6.45) is 1.60. The molecular weight excluding hydrogens is 376 g/mol. The molecule has 2 heterocycles. The van der Waals surface area contributed by atoms with Crippen LogP contribution in [-0.2, 0) is 16.6 Å². The van der Waals surface area contributed by atoms with E-state index in [1.54, 1.807) is 30.5 Å². The molecular formula is C18H15F2N3O3S. The summed E-state index contributed by atoms with van der Waals surface area (Å²) in [6.45, 7) is -0.241. The van der Waals surface area contributed by atoms with Gasteiger partial charge in [0, 0.05) is 18.3 Å². The molecule has 140 valence electrons. The molecule has 1 aromatic carbocycles. The molecule has 0 aliphatic rings. The average molecular weight is 391 g/mol. The monoisotopic (exact) mass is 391 g/mol. The lowest BCUT2D eigenvalue weighted by molar-refractivity contribution is 0.413. The van der Waals surface area contributed by atoms with E-state index in [0.717, 1.165) is 18.2 Å². The third-order valence-corrected chi connectivity index (χ3v) is 5.08. The molecule has 0 fully saturated rings. The number of pyridine rings is 2. The maximum absolute atomic E-state index is 13.8. The molecule has 0 atom stereocenters. The minimum atomic E-state index is -4.27. The van der Waals surface area contributed by atoms with Crippen molar-refractivity contribution in [3.8, 4) is 17.1 Å². The maximum Gasteiger partial charge on any atom is 0.243 e. The van der Waals surface area contributed by atoms with Gasteiger partial charge in [0.15, 0.2) is 11.6 Å². The second kappa shape index (κ2) is 7.77. The number of aromatic nitrogens is 2. The van der Waals surface area contributed by atoms with E-state index < -0.39 is 26.6 Å². The Morgan fingerprint density at radius 2 is 1.89 bits per heavy atom. The molecule has 6 nitrogen and oxygen atoms in total. The zero-order valence-electron chi connectivity index (χ0n) is 14.2. The van der Waals surface area contributed by atoms with E-state index in [1.807, 2.05) is 0 Å². The highest BCUT2D eigenvalue weighted by Crippen LogP contribution is 2.22. The Morgan fingerprint density at radius 1 is 1.07 bits per heavy atom. The second-order valence-corrected chi connectivity index (χ2v) is 7.21. The van der Waals surface area contributed by atoms with Gasteiger partial charge in [-0.2, -0.15) is 0 Å². The van der Waals surface area contributed by atoms with Gasteiger partial charge in [0.1, 0.15) is 10.6 Å². The summed E-state index contributed by atoms with van der Waals surface area (Å²) in [6, 6.07) is 11.4. The predicted molar refractivity (Wildman–Crippen MR) is 94.4 cm³/mol. The molecule has 27 heavy (non-hydrogen) atoms. The lowest BCUT2D eigenvalue weighted by atomic mass is 10.2. The van der Waals surface area contributed by atoms with Crippen molar-refractivity contribution in [1.29, 1.82) is 0 Å². The maximum atomic E-state index is 13.8. The van der Waals surface area contributed by atoms with Crippen LogP contribution in [0, 0.1) is 11.6 Å². The molecule has 2 aromatic heterocycles. The SMILES string of the molecule is COc1cc(CNS(=O)(=O)c2cccc(F)c2F)nc(-c2ccccn2)c1. The van der Waals surface area contributed by atoms with Gasteiger partial charge in [-0.25, -0.2) is 26.9 Å². The smallest absolute Gasteiger partial charge is 0.243 e. The third kappa shape index (κ3) is 4.26. The van der Waals surface area contributed by atoms with E-state index in [9.17, 15) is 17.2 Å². The number of sulfonamides is 1. The van der Waals surface area contributed by atoms with Gasteiger partial charge in [0.25, 0.3) is 0 Å². The molecule has 1 N–H and O–H groups in total. The molecule has 0 bridgehead atoms. The molecule has 9 heteroatoms. The van der Waals surface area contributed by atoms with Crippen LogP contribution in [0.25, 0.3) is 11.4 Å². The standard InChI is InChI=1S/C18H15F2N3O3S/c1-26-13-9-12(23-16(10-13)15-6-2-3-8-21-15)11-22-27(24,25)17-7-4-5-14(19)18(17)20/h2-10,22H,11H2,1H3. The molecule has 3 rings (SSSR count). The van der Waals surface area contributed by atoms with Crippen LogP contribution < -0.4 is 9.46 Å². The van der Waals surface area contributed by atoms with Crippen molar-refractivity contribution in [2.45, 2.75) is 11.4 Å². The van der Waals surface area contributed by atoms with Crippen molar-refractivity contribution >= 4 is 10.0 Å². The van der Waals surface area contributed by atoms with Crippen LogP contribution in [0.1, 0.15) is 5.69 Å². The molecule has 0 radical (unpaired) electrons. The first-order valence-corrected chi connectivity index (χ1v) is 9.29. The van der Waals surface area contributed by atoms with Crippen LogP contribution in [0.5, 0.6) is 5.75 Å². The highest BCUT2D eigenvalue weighted by atomic mass is 32.2. The van der Waals surface area contributed by atoms with Crippen LogP contribution in [0.4, 0.5) is 8.78 Å². The van der Waals surface area contributed by atoms with E-state index in [0.29, 0.717) is 22.8 Å². The fourth-order valence-electron chi connectivity index (χ4n) is 2.35. The van der Waals surface area contributed by atoms with Crippen molar-refractivity contribution in [3.05, 3.63) is 72.1 Å². The number of methoxy groups -OCH3 is 1. The minimum Gasteiger partial charge on any atom is -0.497 e. The number of hydrogen-bond acceptors (Lipinski definition) is 5. The molecule has 0 saturated heterocycles. The van der Waals surface area contributed by atoms with Crippen LogP contribution in [0.3, 0.4) is 0 Å². The molecule has 0 aliphatic heterocycles. The van der Waals surface area contributed by atoms with Crippen LogP contribution >= 0.6 is 0 Å². The molecule has 0 amide bonds. The summed E-state index contributed by atoms with van der Waals surface area (Å²) in [5.74, 6) is -2.22. The highest BCUT2D eigenvalue weighted by Gasteiger charge is 2.21. The molecule has 3 aromatic rings. The van der Waals surface area contributed by atoms with E-state index in [-0.39, 0.29) is 6.54 Å². The van der Waals surface area contributed by atoms with Crippen molar-refractivity contribution in [1.82, 2.24) is 14.7 Å². The Labute approximate surface area is 154 Å². The minimum absolute atomic E-state index is 0.241. The van der Waals surface area contributed by atoms with Crippen molar-refractivity contribution < 1.29 is 21.9 Å². The number of nitrogens with one attached hydrogen (secondary N) is 1. The van der Waals surface area contributed by atoms with E-state index in [2.05, 4.69) is 14.7 Å². The van der Waals surface area contributed by atoms with Gasteiger partial charge < -0.3 is 4.74 Å². The van der Waals surface area contributed by atoms with Gasteiger partial charge in [-0.3, -0.25) is 4.98 Å². The summed E-state index contributed by atoms with van der Waals surface area (Å²) >= 11 is 0. The summed E-state index contributed by atoms with van der Waals surface area (Å²) in [4.78, 5) is 7.78. The number of ether oxygens (including phenoxy) is 1. The number of benzene rings is 1. The van der Waals surface area contributed by atoms with E-state index >= 15 is 0 Å². The van der Waals surface area contributed by atoms with Crippen LogP contribution in [-0.4, -0.2) is 25.5 Å². The zero-order chi connectivity index (χ0) is 19.4. The zero-order valence-corrected chi connectivity index (χ0v) is 15.0.